The van der Waals surface area contributed by atoms with Gasteiger partial charge in [-0.1, -0.05) is 0 Å². The van der Waals surface area contributed by atoms with Crippen molar-refractivity contribution in [1.82, 2.24) is 5.32 Å². The summed E-state index contributed by atoms with van der Waals surface area (Å²) in [5, 5.41) is 2.12. The number of hydrogen-bond acceptors (Lipinski definition) is 3. The molecule has 0 aromatic rings. The fraction of sp³-hybridized carbons (Fsp3) is 0.800. The molecule has 0 saturated heterocycles. The van der Waals surface area contributed by atoms with E-state index in [1.54, 1.807) is 0 Å². The Morgan fingerprint density at radius 1 is 1.73 bits per heavy atom. The molecule has 0 spiro atoms. The van der Waals surface area contributed by atoms with Gasteiger partial charge >= 0.3 is 0 Å². The van der Waals surface area contributed by atoms with Gasteiger partial charge in [-0.3, -0.25) is 9.35 Å². The second-order valence-electron chi connectivity index (χ2n) is 1.89. The molecule has 1 amide bonds. The predicted octanol–water partition coefficient (Wildman–Crippen LogP) is -0.600. The van der Waals surface area contributed by atoms with Gasteiger partial charge in [-0.25, -0.2) is 0 Å². The van der Waals surface area contributed by atoms with Crippen LogP contribution in [0.2, 0.25) is 0 Å². The number of hydrogen-bond donors (Lipinski definition) is 2. The molecule has 0 aliphatic carbocycles. The van der Waals surface area contributed by atoms with Crippen LogP contribution in [0.1, 0.15) is 16.0 Å². The van der Waals surface area contributed by atoms with Gasteiger partial charge in [0.2, 0.25) is 5.91 Å². The maximum absolute atomic E-state index is 10.4. The maximum atomic E-state index is 10.4. The van der Waals surface area contributed by atoms with E-state index in [-0.39, 0.29) is 0 Å². The number of amides is 1. The van der Waals surface area contributed by atoms with Crippen molar-refractivity contribution in [3.8, 4) is 0 Å². The monoisotopic (exact) mass is 183 g/mol. The van der Waals surface area contributed by atoms with Gasteiger partial charge in [0.15, 0.2) is 0 Å². The molecule has 0 aromatic carbocycles. The standard InChI is InChI=1S/C5H11NO4S/c1-5(7)6-3-2-4-11(8,9)10/h2-4H2,1H3,(H,6,7)(H,8,9,10)/i2D2. The van der Waals surface area contributed by atoms with E-state index < -0.39 is 34.7 Å². The van der Waals surface area contributed by atoms with Crippen LogP contribution in [-0.2, 0) is 14.9 Å². The quantitative estimate of drug-likeness (QED) is 0.570. The Balaban J connectivity index is 4.17. The highest BCUT2D eigenvalue weighted by molar-refractivity contribution is 7.85. The van der Waals surface area contributed by atoms with Crippen LogP contribution in [0.25, 0.3) is 0 Å². The summed E-state index contributed by atoms with van der Waals surface area (Å²) in [4.78, 5) is 10.4. The summed E-state index contributed by atoms with van der Waals surface area (Å²) < 4.78 is 43.1. The predicted molar refractivity (Wildman–Crippen MR) is 39.7 cm³/mol. The van der Waals surface area contributed by atoms with Crippen molar-refractivity contribution in [2.75, 3.05) is 12.3 Å². The van der Waals surface area contributed by atoms with Crippen molar-refractivity contribution in [3.05, 3.63) is 0 Å². The Morgan fingerprint density at radius 3 is 2.64 bits per heavy atom. The van der Waals surface area contributed by atoms with E-state index in [1.807, 2.05) is 0 Å². The molecule has 6 heteroatoms. The molecule has 0 heterocycles. The molecule has 11 heavy (non-hydrogen) atoms. The summed E-state index contributed by atoms with van der Waals surface area (Å²) in [6.45, 7) is 0.742. The van der Waals surface area contributed by atoms with E-state index in [0.29, 0.717) is 0 Å². The van der Waals surface area contributed by atoms with Gasteiger partial charge in [-0.2, -0.15) is 8.42 Å². The minimum absolute atomic E-state index is 0.442. The van der Waals surface area contributed by atoms with Gasteiger partial charge in [0.05, 0.1) is 5.75 Å². The SMILES string of the molecule is [2H]C([2H])(CNC(C)=O)CS(=O)(=O)O. The smallest absolute Gasteiger partial charge is 0.264 e. The number of carbonyl (C=O) groups excluding carboxylic acids is 1. The van der Waals surface area contributed by atoms with Gasteiger partial charge in [0, 0.05) is 16.2 Å². The van der Waals surface area contributed by atoms with E-state index in [9.17, 15) is 13.2 Å². The molecule has 0 aliphatic rings. The molecule has 0 rings (SSSR count). The average Bonchev–Trinajstić information content (AvgIpc) is 1.78. The molecular formula is C5H11NO4S. The van der Waals surface area contributed by atoms with Crippen LogP contribution < -0.4 is 5.32 Å². The summed E-state index contributed by atoms with van der Waals surface area (Å²) in [6, 6.07) is 0. The van der Waals surface area contributed by atoms with Crippen LogP contribution in [0.3, 0.4) is 0 Å². The molecule has 0 aromatic heterocycles. The van der Waals surface area contributed by atoms with Crippen molar-refractivity contribution in [3.63, 3.8) is 0 Å². The van der Waals surface area contributed by atoms with Gasteiger partial charge in [0.1, 0.15) is 0 Å². The van der Waals surface area contributed by atoms with E-state index in [1.165, 1.54) is 6.92 Å². The lowest BCUT2D eigenvalue weighted by Gasteiger charge is -1.98. The average molecular weight is 183 g/mol. The molecule has 0 saturated carbocycles. The van der Waals surface area contributed by atoms with E-state index in [2.05, 4.69) is 5.32 Å². The second-order valence-corrected chi connectivity index (χ2v) is 3.34. The lowest BCUT2D eigenvalue weighted by Crippen LogP contribution is -2.22. The van der Waals surface area contributed by atoms with Gasteiger partial charge in [0.25, 0.3) is 10.1 Å². The summed E-state index contributed by atoms with van der Waals surface area (Å²) in [5.41, 5.74) is 0. The van der Waals surface area contributed by atoms with Crippen molar-refractivity contribution < 1.29 is 20.5 Å². The van der Waals surface area contributed by atoms with Crippen molar-refractivity contribution in [2.45, 2.75) is 13.3 Å². The molecule has 5 nitrogen and oxygen atoms in total. The zero-order valence-corrected chi connectivity index (χ0v) is 6.81. The maximum Gasteiger partial charge on any atom is 0.264 e. The van der Waals surface area contributed by atoms with Gasteiger partial charge in [-0.15, -0.1) is 0 Å². The molecule has 0 unspecified atom stereocenters. The van der Waals surface area contributed by atoms with Crippen LogP contribution in [0.5, 0.6) is 0 Å². The molecular weight excluding hydrogens is 170 g/mol. The highest BCUT2D eigenvalue weighted by atomic mass is 32.2. The molecule has 0 bridgehead atoms. The Morgan fingerprint density at radius 2 is 2.27 bits per heavy atom. The highest BCUT2D eigenvalue weighted by Crippen LogP contribution is 1.85. The van der Waals surface area contributed by atoms with E-state index in [4.69, 9.17) is 7.29 Å². The Hall–Kier alpha value is -0.620. The first kappa shape index (κ1) is 7.05. The van der Waals surface area contributed by atoms with E-state index >= 15 is 0 Å². The summed E-state index contributed by atoms with van der Waals surface area (Å²) in [6.07, 6.45) is -2.15. The Labute approximate surface area is 68.3 Å². The molecule has 0 fully saturated rings. The normalized spacial score (nSPS) is 15.1. The zero-order valence-electron chi connectivity index (χ0n) is 7.99. The lowest BCUT2D eigenvalue weighted by molar-refractivity contribution is -0.118. The van der Waals surface area contributed by atoms with E-state index in [0.717, 1.165) is 0 Å². The minimum atomic E-state index is -4.36. The number of rotatable bonds is 4. The van der Waals surface area contributed by atoms with Crippen molar-refractivity contribution >= 4 is 16.0 Å². The van der Waals surface area contributed by atoms with Crippen LogP contribution >= 0.6 is 0 Å². The van der Waals surface area contributed by atoms with Gasteiger partial charge < -0.3 is 5.32 Å². The Bertz CT molecular complexity index is 287. The van der Waals surface area contributed by atoms with Crippen LogP contribution in [0.4, 0.5) is 0 Å². The first-order chi connectivity index (χ1) is 5.62. The molecule has 0 aliphatic heterocycles. The largest absolute Gasteiger partial charge is 0.356 e. The van der Waals surface area contributed by atoms with Crippen LogP contribution in [0, 0.1) is 0 Å². The fourth-order valence-corrected chi connectivity index (χ4v) is 0.727. The first-order valence-electron chi connectivity index (χ1n) is 3.82. The molecule has 2 N–H and O–H groups in total. The fourth-order valence-electron chi connectivity index (χ4n) is 0.367. The third-order valence-electron chi connectivity index (χ3n) is 0.747. The highest BCUT2D eigenvalue weighted by Gasteiger charge is 2.02. The third-order valence-corrected chi connectivity index (χ3v) is 1.32. The number of nitrogens with one attached hydrogen (secondary N) is 1. The second kappa shape index (κ2) is 4.30. The summed E-state index contributed by atoms with van der Waals surface area (Å²) in [7, 11) is -4.36. The lowest BCUT2D eigenvalue weighted by atomic mass is 10.5. The van der Waals surface area contributed by atoms with Crippen molar-refractivity contribution in [1.29, 1.82) is 0 Å². The summed E-state index contributed by atoms with van der Waals surface area (Å²) in [5.74, 6) is -1.49. The molecule has 0 radical (unpaired) electrons. The minimum Gasteiger partial charge on any atom is -0.356 e. The summed E-state index contributed by atoms with van der Waals surface area (Å²) >= 11 is 0. The van der Waals surface area contributed by atoms with Crippen molar-refractivity contribution in [2.24, 2.45) is 0 Å². The Kier molecular flexibility index (Phi) is 2.76. The topological polar surface area (TPSA) is 83.5 Å². The molecule has 0 atom stereocenters. The van der Waals surface area contributed by atoms with Crippen LogP contribution in [0.15, 0.2) is 0 Å². The van der Waals surface area contributed by atoms with Gasteiger partial charge in [-0.05, 0) is 6.37 Å². The van der Waals surface area contributed by atoms with Crippen LogP contribution in [-0.4, -0.2) is 31.2 Å². The first-order valence-corrected chi connectivity index (χ1v) is 4.43. The molecule has 66 valence electrons. The number of carbonyl (C=O) groups is 1. The third kappa shape index (κ3) is 9.38. The zero-order chi connectivity index (χ0) is 10.7.